The van der Waals surface area contributed by atoms with Gasteiger partial charge in [-0.3, -0.25) is 4.79 Å². The van der Waals surface area contributed by atoms with Crippen LogP contribution in [0.1, 0.15) is 10.4 Å². The van der Waals surface area contributed by atoms with Crippen molar-refractivity contribution in [1.82, 2.24) is 9.80 Å². The average molecular weight is 251 g/mol. The number of ether oxygens (including phenoxy) is 1. The zero-order valence-corrected chi connectivity index (χ0v) is 11.4. The van der Waals surface area contributed by atoms with E-state index in [1.807, 2.05) is 19.0 Å². The highest BCUT2D eigenvalue weighted by atomic mass is 16.5. The van der Waals surface area contributed by atoms with Gasteiger partial charge in [-0.25, -0.2) is 0 Å². The summed E-state index contributed by atoms with van der Waals surface area (Å²) < 4.78 is 5.58. The minimum Gasteiger partial charge on any atom is -0.490 e. The maximum Gasteiger partial charge on any atom is 0.253 e. The van der Waals surface area contributed by atoms with Crippen molar-refractivity contribution in [3.8, 4) is 5.75 Å². The summed E-state index contributed by atoms with van der Waals surface area (Å²) in [5.41, 5.74) is 6.94. The number of carbonyl (C=O) groups is 1. The van der Waals surface area contributed by atoms with Crippen molar-refractivity contribution in [2.75, 3.05) is 47.1 Å². The normalized spacial score (nSPS) is 10.5. The molecule has 1 rings (SSSR count). The number of likely N-dealkylation sites (N-methyl/N-ethyl adjacent to an activating group) is 1. The van der Waals surface area contributed by atoms with Crippen LogP contribution in [-0.4, -0.2) is 57.0 Å². The third-order valence-electron chi connectivity index (χ3n) is 2.46. The van der Waals surface area contributed by atoms with Crippen molar-refractivity contribution in [3.63, 3.8) is 0 Å². The van der Waals surface area contributed by atoms with Crippen molar-refractivity contribution in [3.05, 3.63) is 23.8 Å². The number of benzene rings is 1. The van der Waals surface area contributed by atoms with Crippen LogP contribution in [0.25, 0.3) is 0 Å². The van der Waals surface area contributed by atoms with E-state index >= 15 is 0 Å². The van der Waals surface area contributed by atoms with Crippen LogP contribution < -0.4 is 10.5 Å². The van der Waals surface area contributed by atoms with Crippen LogP contribution in [-0.2, 0) is 0 Å². The summed E-state index contributed by atoms with van der Waals surface area (Å²) in [7, 11) is 7.37. The molecular weight excluding hydrogens is 230 g/mol. The molecule has 0 spiro atoms. The van der Waals surface area contributed by atoms with Crippen molar-refractivity contribution < 1.29 is 9.53 Å². The number of nitrogens with zero attached hydrogens (tertiary/aromatic N) is 2. The van der Waals surface area contributed by atoms with Crippen molar-refractivity contribution in [2.24, 2.45) is 0 Å². The van der Waals surface area contributed by atoms with E-state index in [1.165, 1.54) is 4.90 Å². The van der Waals surface area contributed by atoms with Crippen molar-refractivity contribution >= 4 is 11.6 Å². The molecular formula is C13H21N3O2. The molecule has 0 aliphatic rings. The van der Waals surface area contributed by atoms with Gasteiger partial charge in [0.25, 0.3) is 5.91 Å². The molecule has 0 radical (unpaired) electrons. The molecule has 0 bridgehead atoms. The first-order chi connectivity index (χ1) is 8.41. The minimum atomic E-state index is -0.0625. The molecule has 100 valence electrons. The molecule has 0 unspecified atom stereocenters. The molecule has 0 saturated heterocycles. The fourth-order valence-electron chi connectivity index (χ4n) is 1.39. The Morgan fingerprint density at radius 2 is 1.94 bits per heavy atom. The molecule has 0 aliphatic carbocycles. The Bertz CT molecular complexity index is 417. The largest absolute Gasteiger partial charge is 0.490 e. The minimum absolute atomic E-state index is 0.0625. The molecule has 1 amide bonds. The van der Waals surface area contributed by atoms with Gasteiger partial charge in [-0.05, 0) is 32.3 Å². The SMILES string of the molecule is CN(C)CCOc1cc(C(=O)N(C)C)ccc1N. The molecule has 0 atom stereocenters. The van der Waals surface area contributed by atoms with Gasteiger partial charge in [0.05, 0.1) is 5.69 Å². The number of nitrogens with two attached hydrogens (primary N) is 1. The molecule has 18 heavy (non-hydrogen) atoms. The van der Waals surface area contributed by atoms with E-state index in [9.17, 15) is 4.79 Å². The second-order valence-electron chi connectivity index (χ2n) is 4.60. The van der Waals surface area contributed by atoms with E-state index in [-0.39, 0.29) is 5.91 Å². The zero-order valence-electron chi connectivity index (χ0n) is 11.4. The molecule has 2 N–H and O–H groups in total. The summed E-state index contributed by atoms with van der Waals surface area (Å²) in [6, 6.07) is 5.09. The Morgan fingerprint density at radius 3 is 2.50 bits per heavy atom. The molecule has 1 aromatic rings. The third-order valence-corrected chi connectivity index (χ3v) is 2.46. The number of rotatable bonds is 5. The predicted molar refractivity (Wildman–Crippen MR) is 72.9 cm³/mol. The van der Waals surface area contributed by atoms with Crippen LogP contribution in [0.2, 0.25) is 0 Å². The quantitative estimate of drug-likeness (QED) is 0.790. The van der Waals surface area contributed by atoms with E-state index < -0.39 is 0 Å². The van der Waals surface area contributed by atoms with Gasteiger partial charge in [-0.15, -0.1) is 0 Å². The summed E-state index contributed by atoms with van der Waals surface area (Å²) in [6.45, 7) is 1.34. The van der Waals surface area contributed by atoms with Crippen molar-refractivity contribution in [2.45, 2.75) is 0 Å². The molecule has 5 heteroatoms. The molecule has 0 saturated carbocycles. The summed E-state index contributed by atoms with van der Waals surface area (Å²) in [5.74, 6) is 0.497. The predicted octanol–water partition coefficient (Wildman–Crippen LogP) is 0.911. The highest BCUT2D eigenvalue weighted by Gasteiger charge is 2.10. The highest BCUT2D eigenvalue weighted by Crippen LogP contribution is 2.23. The van der Waals surface area contributed by atoms with Gasteiger partial charge in [0.2, 0.25) is 0 Å². The molecule has 5 nitrogen and oxygen atoms in total. The van der Waals surface area contributed by atoms with Crippen LogP contribution in [0.15, 0.2) is 18.2 Å². The van der Waals surface area contributed by atoms with E-state index in [0.717, 1.165) is 6.54 Å². The second kappa shape index (κ2) is 6.26. The monoisotopic (exact) mass is 251 g/mol. The summed E-state index contributed by atoms with van der Waals surface area (Å²) >= 11 is 0. The lowest BCUT2D eigenvalue weighted by atomic mass is 10.1. The first-order valence-corrected chi connectivity index (χ1v) is 5.80. The molecule has 0 aliphatic heterocycles. The number of carbonyl (C=O) groups excluding carboxylic acids is 1. The number of amides is 1. The number of anilines is 1. The van der Waals surface area contributed by atoms with E-state index in [2.05, 4.69) is 0 Å². The number of hydrogen-bond donors (Lipinski definition) is 1. The lowest BCUT2D eigenvalue weighted by molar-refractivity contribution is 0.0827. The smallest absolute Gasteiger partial charge is 0.253 e. The Labute approximate surface area is 108 Å². The van der Waals surface area contributed by atoms with Gasteiger partial charge in [0.1, 0.15) is 12.4 Å². The molecule has 0 heterocycles. The van der Waals surface area contributed by atoms with E-state index in [4.69, 9.17) is 10.5 Å². The summed E-state index contributed by atoms with van der Waals surface area (Å²) in [5, 5.41) is 0. The molecule has 0 aromatic heterocycles. The summed E-state index contributed by atoms with van der Waals surface area (Å²) in [6.07, 6.45) is 0. The van der Waals surface area contributed by atoms with Crippen LogP contribution in [0.5, 0.6) is 5.75 Å². The standard InChI is InChI=1S/C13H21N3O2/c1-15(2)7-8-18-12-9-10(5-6-11(12)14)13(17)16(3)4/h5-6,9H,7-8,14H2,1-4H3. The van der Waals surface area contributed by atoms with Gasteiger partial charge < -0.3 is 20.3 Å². The van der Waals surface area contributed by atoms with Gasteiger partial charge in [-0.2, -0.15) is 0 Å². The Kier molecular flexibility index (Phi) is 4.97. The fourth-order valence-corrected chi connectivity index (χ4v) is 1.39. The first-order valence-electron chi connectivity index (χ1n) is 5.80. The topological polar surface area (TPSA) is 58.8 Å². The van der Waals surface area contributed by atoms with Gasteiger partial charge >= 0.3 is 0 Å². The van der Waals surface area contributed by atoms with Crippen LogP contribution in [0.4, 0.5) is 5.69 Å². The van der Waals surface area contributed by atoms with E-state index in [1.54, 1.807) is 32.3 Å². The fraction of sp³-hybridized carbons (Fsp3) is 0.462. The average Bonchev–Trinajstić information content (AvgIpc) is 2.30. The maximum atomic E-state index is 11.8. The Morgan fingerprint density at radius 1 is 1.28 bits per heavy atom. The van der Waals surface area contributed by atoms with Crippen LogP contribution in [0, 0.1) is 0 Å². The van der Waals surface area contributed by atoms with Gasteiger partial charge in [-0.1, -0.05) is 0 Å². The lowest BCUT2D eigenvalue weighted by Gasteiger charge is -2.15. The second-order valence-corrected chi connectivity index (χ2v) is 4.60. The number of nitrogen functional groups attached to an aromatic ring is 1. The molecule has 0 fully saturated rings. The summed E-state index contributed by atoms with van der Waals surface area (Å²) in [4.78, 5) is 15.4. The van der Waals surface area contributed by atoms with Crippen LogP contribution in [0.3, 0.4) is 0 Å². The van der Waals surface area contributed by atoms with Gasteiger partial charge in [0.15, 0.2) is 0 Å². The number of hydrogen-bond acceptors (Lipinski definition) is 4. The zero-order chi connectivity index (χ0) is 13.7. The molecule has 1 aromatic carbocycles. The maximum absolute atomic E-state index is 11.8. The van der Waals surface area contributed by atoms with Crippen LogP contribution >= 0.6 is 0 Å². The highest BCUT2D eigenvalue weighted by molar-refractivity contribution is 5.94. The van der Waals surface area contributed by atoms with Crippen molar-refractivity contribution in [1.29, 1.82) is 0 Å². The Balaban J connectivity index is 2.78. The third kappa shape index (κ3) is 3.92. The van der Waals surface area contributed by atoms with Gasteiger partial charge in [0, 0.05) is 26.2 Å². The lowest BCUT2D eigenvalue weighted by Crippen LogP contribution is -2.22. The van der Waals surface area contributed by atoms with E-state index in [0.29, 0.717) is 23.6 Å². The Hall–Kier alpha value is -1.75. The first kappa shape index (κ1) is 14.3.